The summed E-state index contributed by atoms with van der Waals surface area (Å²) in [5.41, 5.74) is 5.57. The summed E-state index contributed by atoms with van der Waals surface area (Å²) in [6.07, 6.45) is 3.27. The van der Waals surface area contributed by atoms with E-state index < -0.39 is 0 Å². The molecule has 0 aromatic rings. The third-order valence-corrected chi connectivity index (χ3v) is 2.97. The number of carbonyl (C=O) groups is 1. The fourth-order valence-electron chi connectivity index (χ4n) is 1.82. The summed E-state index contributed by atoms with van der Waals surface area (Å²) in [6.45, 7) is 7.55. The molecule has 0 aliphatic carbocycles. The minimum Gasteiger partial charge on any atom is -0.355 e. The Hall–Kier alpha value is -1.01. The Morgan fingerprint density at radius 1 is 1.35 bits per heavy atom. The summed E-state index contributed by atoms with van der Waals surface area (Å²) in [7, 11) is 0. The van der Waals surface area contributed by atoms with Crippen molar-refractivity contribution in [2.24, 2.45) is 17.6 Å². The van der Waals surface area contributed by atoms with E-state index in [2.05, 4.69) is 31.0 Å². The molecule has 0 radical (unpaired) electrons. The van der Waals surface area contributed by atoms with Gasteiger partial charge in [0.15, 0.2) is 0 Å². The second kappa shape index (κ2) is 10.2. The molecule has 3 N–H and O–H groups in total. The van der Waals surface area contributed by atoms with E-state index in [1.807, 2.05) is 6.92 Å². The molecule has 1 atom stereocenters. The van der Waals surface area contributed by atoms with Crippen molar-refractivity contribution < 1.29 is 4.79 Å². The van der Waals surface area contributed by atoms with Gasteiger partial charge in [0.25, 0.3) is 0 Å². The van der Waals surface area contributed by atoms with Gasteiger partial charge in [-0.15, -0.1) is 11.8 Å². The van der Waals surface area contributed by atoms with Crippen LogP contribution in [0.4, 0.5) is 0 Å². The maximum absolute atomic E-state index is 11.5. The van der Waals surface area contributed by atoms with Gasteiger partial charge in [-0.1, -0.05) is 13.8 Å². The van der Waals surface area contributed by atoms with Gasteiger partial charge in [-0.25, -0.2) is 0 Å². The third kappa shape index (κ3) is 8.76. The fraction of sp³-hybridized carbons (Fsp3) is 0.786. The highest BCUT2D eigenvalue weighted by molar-refractivity contribution is 5.75. The quantitative estimate of drug-likeness (QED) is 0.501. The van der Waals surface area contributed by atoms with Crippen molar-refractivity contribution in [2.45, 2.75) is 46.5 Å². The number of hydrogen-bond acceptors (Lipinski definition) is 2. The van der Waals surface area contributed by atoms with Gasteiger partial charge in [0, 0.05) is 19.4 Å². The van der Waals surface area contributed by atoms with Gasteiger partial charge in [0.05, 0.1) is 0 Å². The topological polar surface area (TPSA) is 55.1 Å². The van der Waals surface area contributed by atoms with Crippen LogP contribution in [0.2, 0.25) is 0 Å². The summed E-state index contributed by atoms with van der Waals surface area (Å²) in [6, 6.07) is 0. The van der Waals surface area contributed by atoms with Crippen LogP contribution in [0.25, 0.3) is 0 Å². The molecule has 98 valence electrons. The van der Waals surface area contributed by atoms with E-state index in [1.165, 1.54) is 0 Å². The molecule has 0 spiro atoms. The zero-order valence-electron chi connectivity index (χ0n) is 11.4. The van der Waals surface area contributed by atoms with E-state index in [9.17, 15) is 4.79 Å². The Bertz CT molecular complexity index is 263. The van der Waals surface area contributed by atoms with Gasteiger partial charge >= 0.3 is 0 Å². The molecule has 0 saturated carbocycles. The van der Waals surface area contributed by atoms with E-state index in [0.717, 1.165) is 19.3 Å². The fourth-order valence-corrected chi connectivity index (χ4v) is 1.82. The lowest BCUT2D eigenvalue weighted by Gasteiger charge is -2.19. The van der Waals surface area contributed by atoms with Crippen molar-refractivity contribution in [3.05, 3.63) is 0 Å². The SMILES string of the molecule is CC#CCCNC(=O)CCC(CCN)C(C)C. The van der Waals surface area contributed by atoms with Crippen molar-refractivity contribution in [1.29, 1.82) is 0 Å². The van der Waals surface area contributed by atoms with Crippen LogP contribution in [-0.4, -0.2) is 19.0 Å². The molecule has 3 nitrogen and oxygen atoms in total. The normalized spacial score (nSPS) is 11.8. The summed E-state index contributed by atoms with van der Waals surface area (Å²) < 4.78 is 0. The molecule has 0 rings (SSSR count). The predicted octanol–water partition coefficient (Wildman–Crippen LogP) is 1.92. The van der Waals surface area contributed by atoms with E-state index in [1.54, 1.807) is 0 Å². The smallest absolute Gasteiger partial charge is 0.220 e. The Kier molecular flexibility index (Phi) is 9.56. The lowest BCUT2D eigenvalue weighted by molar-refractivity contribution is -0.121. The first-order valence-electron chi connectivity index (χ1n) is 6.48. The largest absolute Gasteiger partial charge is 0.355 e. The lowest BCUT2D eigenvalue weighted by Crippen LogP contribution is -2.25. The highest BCUT2D eigenvalue weighted by Crippen LogP contribution is 2.20. The van der Waals surface area contributed by atoms with Crippen molar-refractivity contribution in [1.82, 2.24) is 5.32 Å². The Balaban J connectivity index is 3.75. The highest BCUT2D eigenvalue weighted by Gasteiger charge is 2.13. The van der Waals surface area contributed by atoms with Crippen LogP contribution in [0.3, 0.4) is 0 Å². The second-order valence-electron chi connectivity index (χ2n) is 4.65. The van der Waals surface area contributed by atoms with Crippen LogP contribution < -0.4 is 11.1 Å². The van der Waals surface area contributed by atoms with Gasteiger partial charge < -0.3 is 11.1 Å². The monoisotopic (exact) mass is 238 g/mol. The van der Waals surface area contributed by atoms with Gasteiger partial charge in [-0.3, -0.25) is 4.79 Å². The standard InChI is InChI=1S/C14H26N2O/c1-4-5-6-11-16-14(17)8-7-13(9-10-15)12(2)3/h12-13H,6-11,15H2,1-3H3,(H,16,17). The van der Waals surface area contributed by atoms with Crippen molar-refractivity contribution in [3.63, 3.8) is 0 Å². The first kappa shape index (κ1) is 16.0. The number of nitrogens with one attached hydrogen (secondary N) is 1. The Labute approximate surface area is 106 Å². The molecule has 17 heavy (non-hydrogen) atoms. The van der Waals surface area contributed by atoms with Gasteiger partial charge in [-0.2, -0.15) is 0 Å². The van der Waals surface area contributed by atoms with Gasteiger partial charge in [0.2, 0.25) is 5.91 Å². The Morgan fingerprint density at radius 2 is 2.06 bits per heavy atom. The molecule has 0 fully saturated rings. The summed E-state index contributed by atoms with van der Waals surface area (Å²) >= 11 is 0. The molecule has 1 unspecified atom stereocenters. The van der Waals surface area contributed by atoms with Crippen molar-refractivity contribution >= 4 is 5.91 Å². The van der Waals surface area contributed by atoms with E-state index in [0.29, 0.717) is 31.3 Å². The molecular formula is C14H26N2O. The first-order chi connectivity index (χ1) is 8.11. The minimum atomic E-state index is 0.130. The molecular weight excluding hydrogens is 212 g/mol. The average Bonchev–Trinajstić information content (AvgIpc) is 2.29. The van der Waals surface area contributed by atoms with Crippen LogP contribution >= 0.6 is 0 Å². The molecule has 1 amide bonds. The summed E-state index contributed by atoms with van der Waals surface area (Å²) in [4.78, 5) is 11.5. The molecule has 3 heteroatoms. The maximum Gasteiger partial charge on any atom is 0.220 e. The highest BCUT2D eigenvalue weighted by atomic mass is 16.1. The number of hydrogen-bond donors (Lipinski definition) is 2. The van der Waals surface area contributed by atoms with Gasteiger partial charge in [0.1, 0.15) is 0 Å². The molecule has 0 saturated heterocycles. The Morgan fingerprint density at radius 3 is 2.59 bits per heavy atom. The number of nitrogens with two attached hydrogens (primary N) is 1. The predicted molar refractivity (Wildman–Crippen MR) is 72.3 cm³/mol. The first-order valence-corrected chi connectivity index (χ1v) is 6.48. The molecule has 0 aliphatic heterocycles. The minimum absolute atomic E-state index is 0.130. The number of rotatable bonds is 8. The third-order valence-electron chi connectivity index (χ3n) is 2.97. The van der Waals surface area contributed by atoms with Crippen molar-refractivity contribution in [2.75, 3.05) is 13.1 Å². The van der Waals surface area contributed by atoms with Crippen LogP contribution in [-0.2, 0) is 4.79 Å². The number of amides is 1. The van der Waals surface area contributed by atoms with Crippen LogP contribution in [0.5, 0.6) is 0 Å². The average molecular weight is 238 g/mol. The summed E-state index contributed by atoms with van der Waals surface area (Å²) in [5.74, 6) is 7.02. The van der Waals surface area contributed by atoms with Crippen LogP contribution in [0.1, 0.15) is 46.5 Å². The molecule has 0 heterocycles. The van der Waals surface area contributed by atoms with Crippen LogP contribution in [0.15, 0.2) is 0 Å². The maximum atomic E-state index is 11.5. The van der Waals surface area contributed by atoms with Gasteiger partial charge in [-0.05, 0) is 38.1 Å². The zero-order chi connectivity index (χ0) is 13.1. The molecule has 0 bridgehead atoms. The number of carbonyl (C=O) groups excluding carboxylic acids is 1. The van der Waals surface area contributed by atoms with E-state index in [4.69, 9.17) is 5.73 Å². The summed E-state index contributed by atoms with van der Waals surface area (Å²) in [5, 5.41) is 2.88. The van der Waals surface area contributed by atoms with Crippen molar-refractivity contribution in [3.8, 4) is 11.8 Å². The van der Waals surface area contributed by atoms with E-state index >= 15 is 0 Å². The zero-order valence-corrected chi connectivity index (χ0v) is 11.4. The van der Waals surface area contributed by atoms with Crippen LogP contribution in [0, 0.1) is 23.7 Å². The second-order valence-corrected chi connectivity index (χ2v) is 4.65. The molecule has 0 aromatic heterocycles. The molecule has 0 aliphatic rings. The van der Waals surface area contributed by atoms with E-state index in [-0.39, 0.29) is 5.91 Å². The lowest BCUT2D eigenvalue weighted by atomic mass is 9.88. The molecule has 0 aromatic carbocycles.